The van der Waals surface area contributed by atoms with Crippen LogP contribution in [0.2, 0.25) is 0 Å². The van der Waals surface area contributed by atoms with Gasteiger partial charge in [0.2, 0.25) is 20.7 Å². The lowest BCUT2D eigenvalue weighted by Crippen LogP contribution is -2.51. The molecule has 4 aromatic rings. The van der Waals surface area contributed by atoms with Gasteiger partial charge in [0, 0.05) is 13.2 Å². The van der Waals surface area contributed by atoms with Gasteiger partial charge in [-0.05, 0) is 59.4 Å². The second-order valence-electron chi connectivity index (χ2n) is 13.8. The van der Waals surface area contributed by atoms with Crippen LogP contribution in [0.4, 0.5) is 4.39 Å². The van der Waals surface area contributed by atoms with Crippen molar-refractivity contribution in [1.82, 2.24) is 10.3 Å². The van der Waals surface area contributed by atoms with E-state index in [1.165, 1.54) is 62.8 Å². The van der Waals surface area contributed by atoms with Crippen LogP contribution in [0.25, 0.3) is 21.3 Å². The quantitative estimate of drug-likeness (QED) is 0.0609. The van der Waals surface area contributed by atoms with Crippen LogP contribution in [0.1, 0.15) is 107 Å². The molecular formula is C40H54FN3O6S3. The minimum atomic E-state index is -4.39. The minimum absolute atomic E-state index is 0.0512. The van der Waals surface area contributed by atoms with Gasteiger partial charge in [-0.15, -0.1) is 11.3 Å². The summed E-state index contributed by atoms with van der Waals surface area (Å²) in [7, 11) is -8.33. The molecule has 53 heavy (non-hydrogen) atoms. The number of hydrogen-bond donors (Lipinski definition) is 3. The van der Waals surface area contributed by atoms with Crippen molar-refractivity contribution in [3.63, 3.8) is 0 Å². The summed E-state index contributed by atoms with van der Waals surface area (Å²) >= 11 is 1.13. The Kier molecular flexibility index (Phi) is 16.4. The number of amides is 1. The van der Waals surface area contributed by atoms with Crippen LogP contribution in [0.3, 0.4) is 0 Å². The van der Waals surface area contributed by atoms with E-state index in [2.05, 4.69) is 12.2 Å². The van der Waals surface area contributed by atoms with Gasteiger partial charge in [0.05, 0.1) is 21.7 Å². The SMILES string of the molecule is CCCCCCCCCCCCCCC(C(=O)NCCS(N)(=O)=O)(c1nc2ccc(-c3ccc(CCO)cc3)cc2s1)S(=O)(=O)Cc1ccc(F)cc1. The third kappa shape index (κ3) is 12.4. The first-order valence-corrected chi connectivity index (χ1v) is 22.9. The van der Waals surface area contributed by atoms with Gasteiger partial charge in [0.25, 0.3) is 0 Å². The van der Waals surface area contributed by atoms with Crippen LogP contribution in [0, 0.1) is 5.82 Å². The minimum Gasteiger partial charge on any atom is -0.396 e. The van der Waals surface area contributed by atoms with E-state index >= 15 is 0 Å². The van der Waals surface area contributed by atoms with Crippen molar-refractivity contribution in [3.05, 3.63) is 88.7 Å². The maximum Gasteiger partial charge on any atom is 0.248 e. The van der Waals surface area contributed by atoms with Crippen molar-refractivity contribution < 1.29 is 31.1 Å². The van der Waals surface area contributed by atoms with Gasteiger partial charge in [-0.2, -0.15) is 0 Å². The Balaban J connectivity index is 1.66. The molecule has 1 amide bonds. The number of carbonyl (C=O) groups excluding carboxylic acids is 1. The Bertz CT molecular complexity index is 1970. The molecule has 290 valence electrons. The Labute approximate surface area is 318 Å². The zero-order valence-electron chi connectivity index (χ0n) is 30.7. The molecule has 0 radical (unpaired) electrons. The van der Waals surface area contributed by atoms with Gasteiger partial charge in [0.1, 0.15) is 10.8 Å². The molecule has 4 N–H and O–H groups in total. The zero-order chi connectivity index (χ0) is 38.3. The molecule has 3 aromatic carbocycles. The van der Waals surface area contributed by atoms with Gasteiger partial charge in [-0.1, -0.05) is 126 Å². The molecule has 0 bridgehead atoms. The Morgan fingerprint density at radius 2 is 1.38 bits per heavy atom. The van der Waals surface area contributed by atoms with Crippen LogP contribution >= 0.6 is 11.3 Å². The third-order valence-corrected chi connectivity index (χ3v) is 14.1. The molecule has 0 saturated heterocycles. The second-order valence-corrected chi connectivity index (χ2v) is 18.8. The van der Waals surface area contributed by atoms with E-state index in [0.29, 0.717) is 35.0 Å². The Morgan fingerprint density at radius 1 is 0.811 bits per heavy atom. The van der Waals surface area contributed by atoms with Gasteiger partial charge in [0.15, 0.2) is 9.84 Å². The fourth-order valence-electron chi connectivity index (χ4n) is 6.61. The van der Waals surface area contributed by atoms with Gasteiger partial charge >= 0.3 is 0 Å². The molecule has 0 aliphatic rings. The molecule has 0 spiro atoms. The van der Waals surface area contributed by atoms with Crippen molar-refractivity contribution in [1.29, 1.82) is 0 Å². The number of fused-ring (bicyclic) bond motifs is 1. The Hall–Kier alpha value is -3.23. The Morgan fingerprint density at radius 3 is 1.96 bits per heavy atom. The van der Waals surface area contributed by atoms with Gasteiger partial charge < -0.3 is 10.4 Å². The smallest absolute Gasteiger partial charge is 0.248 e. The lowest BCUT2D eigenvalue weighted by atomic mass is 9.98. The van der Waals surface area contributed by atoms with Gasteiger partial charge in [-0.3, -0.25) is 4.79 Å². The molecule has 9 nitrogen and oxygen atoms in total. The number of thiazole rings is 1. The molecule has 0 aliphatic carbocycles. The van der Waals surface area contributed by atoms with Crippen LogP contribution in [-0.2, 0) is 41.6 Å². The molecule has 1 unspecified atom stereocenters. The molecule has 4 rings (SSSR count). The molecule has 1 aromatic heterocycles. The van der Waals surface area contributed by atoms with Crippen LogP contribution < -0.4 is 10.5 Å². The number of unbranched alkanes of at least 4 members (excludes halogenated alkanes) is 11. The molecule has 0 saturated carbocycles. The summed E-state index contributed by atoms with van der Waals surface area (Å²) in [5.41, 5.74) is 3.65. The number of nitrogens with one attached hydrogen (secondary N) is 1. The summed E-state index contributed by atoms with van der Waals surface area (Å²) in [6, 6.07) is 18.5. The van der Waals surface area contributed by atoms with Crippen molar-refractivity contribution in [3.8, 4) is 11.1 Å². The predicted octanol–water partition coefficient (Wildman–Crippen LogP) is 7.94. The molecule has 13 heteroatoms. The van der Waals surface area contributed by atoms with Crippen LogP contribution in [-0.4, -0.2) is 51.7 Å². The number of nitrogens with two attached hydrogens (primary N) is 1. The average Bonchev–Trinajstić information content (AvgIpc) is 3.54. The number of aromatic nitrogens is 1. The third-order valence-electron chi connectivity index (χ3n) is 9.64. The summed E-state index contributed by atoms with van der Waals surface area (Å²) in [5, 5.41) is 17.2. The zero-order valence-corrected chi connectivity index (χ0v) is 33.1. The van der Waals surface area contributed by atoms with E-state index in [4.69, 9.17) is 10.1 Å². The second kappa shape index (κ2) is 20.5. The van der Waals surface area contributed by atoms with E-state index in [-0.39, 0.29) is 24.6 Å². The fraction of sp³-hybridized carbons (Fsp3) is 0.500. The maximum absolute atomic E-state index is 14.7. The topological polar surface area (TPSA) is 157 Å². The van der Waals surface area contributed by atoms with E-state index in [1.807, 2.05) is 36.4 Å². The number of aliphatic hydroxyl groups excluding tert-OH is 1. The van der Waals surface area contributed by atoms with E-state index < -0.39 is 47.8 Å². The van der Waals surface area contributed by atoms with Crippen LogP contribution in [0.15, 0.2) is 66.7 Å². The van der Waals surface area contributed by atoms with Gasteiger partial charge in [-0.25, -0.2) is 31.3 Å². The number of carbonyl (C=O) groups is 1. The molecule has 0 aliphatic heterocycles. The fourth-order valence-corrected chi connectivity index (χ4v) is 10.6. The highest BCUT2D eigenvalue weighted by Crippen LogP contribution is 2.43. The van der Waals surface area contributed by atoms with E-state index in [0.717, 1.165) is 53.7 Å². The molecule has 0 fully saturated rings. The lowest BCUT2D eigenvalue weighted by Gasteiger charge is -2.30. The number of sulfone groups is 1. The molecule has 1 heterocycles. The number of rotatable bonds is 24. The van der Waals surface area contributed by atoms with Crippen molar-refractivity contribution in [2.75, 3.05) is 18.9 Å². The summed E-state index contributed by atoms with van der Waals surface area (Å²) < 4.78 is 65.4. The number of sulfonamides is 1. The first-order valence-electron chi connectivity index (χ1n) is 18.8. The number of nitrogens with zero attached hydrogens (tertiary/aromatic N) is 1. The molecule has 1 atom stereocenters. The van der Waals surface area contributed by atoms with Crippen LogP contribution in [0.5, 0.6) is 0 Å². The average molecular weight is 788 g/mol. The summed E-state index contributed by atoms with van der Waals surface area (Å²) in [5.74, 6) is -2.48. The largest absolute Gasteiger partial charge is 0.396 e. The summed E-state index contributed by atoms with van der Waals surface area (Å²) in [6.45, 7) is 1.89. The normalized spacial score (nSPS) is 13.3. The highest BCUT2D eigenvalue weighted by atomic mass is 32.2. The first-order chi connectivity index (χ1) is 25.4. The lowest BCUT2D eigenvalue weighted by molar-refractivity contribution is -0.124. The molecular weight excluding hydrogens is 734 g/mol. The van der Waals surface area contributed by atoms with Crippen molar-refractivity contribution in [2.45, 2.75) is 107 Å². The summed E-state index contributed by atoms with van der Waals surface area (Å²) in [6.07, 6.45) is 13.3. The number of hydrogen-bond acceptors (Lipinski definition) is 8. The predicted molar refractivity (Wildman–Crippen MR) is 213 cm³/mol. The van der Waals surface area contributed by atoms with E-state index in [1.54, 1.807) is 6.07 Å². The van der Waals surface area contributed by atoms with E-state index in [9.17, 15) is 31.1 Å². The highest BCUT2D eigenvalue weighted by molar-refractivity contribution is 7.92. The standard InChI is InChI=1S/C40H54FN3O6S3/c1-2-3-4-5-6-7-8-9-10-11-12-13-25-40(38(46)43-26-28-53(42,49)50,52(47,48)30-32-16-21-35(41)22-17-32)39-44-36-23-20-34(29-37(36)51-39)33-18-14-31(15-19-33)24-27-45/h14-23,29,45H,2-13,24-28,30H2,1H3,(H,43,46)(H2,42,49,50). The number of aliphatic hydroxyl groups is 1. The maximum atomic E-state index is 14.7. The van der Waals surface area contributed by atoms with Crippen molar-refractivity contribution in [2.24, 2.45) is 5.14 Å². The monoisotopic (exact) mass is 787 g/mol. The first kappa shape index (κ1) is 42.5. The highest BCUT2D eigenvalue weighted by Gasteiger charge is 2.53. The number of halogens is 1. The van der Waals surface area contributed by atoms with Crippen molar-refractivity contribution >= 4 is 47.3 Å². The number of benzene rings is 3. The number of primary sulfonamides is 1. The summed E-state index contributed by atoms with van der Waals surface area (Å²) in [4.78, 5) is 19.2.